The van der Waals surface area contributed by atoms with Gasteiger partial charge in [0.25, 0.3) is 0 Å². The molecular formula is C17H38N2O5Si. The monoisotopic (exact) mass is 378 g/mol. The number of aliphatic hydroxyl groups is 1. The SMILES string of the molecule is CCO[Si](CCCOCC(O)CN1CCN(C)CC1)(OCC)OCC. The number of hydrogen-bond acceptors (Lipinski definition) is 7. The van der Waals surface area contributed by atoms with E-state index >= 15 is 0 Å². The van der Waals surface area contributed by atoms with E-state index in [1.807, 2.05) is 20.8 Å². The molecule has 0 saturated carbocycles. The molecule has 1 rings (SSSR count). The highest BCUT2D eigenvalue weighted by molar-refractivity contribution is 6.60. The summed E-state index contributed by atoms with van der Waals surface area (Å²) < 4.78 is 23.1. The second-order valence-electron chi connectivity index (χ2n) is 6.42. The summed E-state index contributed by atoms with van der Waals surface area (Å²) >= 11 is 0. The molecule has 0 amide bonds. The fourth-order valence-electron chi connectivity index (χ4n) is 2.99. The van der Waals surface area contributed by atoms with Crippen molar-refractivity contribution in [3.05, 3.63) is 0 Å². The normalized spacial score (nSPS) is 18.6. The van der Waals surface area contributed by atoms with Gasteiger partial charge in [0.15, 0.2) is 0 Å². The second-order valence-corrected chi connectivity index (χ2v) is 9.15. The fourth-order valence-corrected chi connectivity index (χ4v) is 5.57. The highest BCUT2D eigenvalue weighted by Gasteiger charge is 2.39. The van der Waals surface area contributed by atoms with E-state index in [2.05, 4.69) is 16.8 Å². The molecule has 1 N–H and O–H groups in total. The lowest BCUT2D eigenvalue weighted by molar-refractivity contribution is 0.00732. The van der Waals surface area contributed by atoms with E-state index in [9.17, 15) is 5.11 Å². The molecule has 1 unspecified atom stereocenters. The van der Waals surface area contributed by atoms with Crippen LogP contribution in [-0.4, -0.2) is 103 Å². The van der Waals surface area contributed by atoms with Crippen molar-refractivity contribution in [1.29, 1.82) is 0 Å². The largest absolute Gasteiger partial charge is 0.501 e. The zero-order valence-corrected chi connectivity index (χ0v) is 17.5. The minimum Gasteiger partial charge on any atom is -0.389 e. The van der Waals surface area contributed by atoms with Gasteiger partial charge in [0.1, 0.15) is 0 Å². The molecule has 0 aromatic rings. The van der Waals surface area contributed by atoms with Gasteiger partial charge in [-0.15, -0.1) is 0 Å². The van der Waals surface area contributed by atoms with Gasteiger partial charge in [0.2, 0.25) is 0 Å². The summed E-state index contributed by atoms with van der Waals surface area (Å²) in [5.41, 5.74) is 0. The van der Waals surface area contributed by atoms with E-state index in [0.717, 1.165) is 38.6 Å². The molecule has 0 radical (unpaired) electrons. The van der Waals surface area contributed by atoms with Gasteiger partial charge in [-0.2, -0.15) is 0 Å². The van der Waals surface area contributed by atoms with Crippen LogP contribution < -0.4 is 0 Å². The molecule has 0 aliphatic carbocycles. The number of likely N-dealkylation sites (N-methyl/N-ethyl adjacent to an activating group) is 1. The molecule has 7 nitrogen and oxygen atoms in total. The fraction of sp³-hybridized carbons (Fsp3) is 1.00. The van der Waals surface area contributed by atoms with Crippen LogP contribution in [0.3, 0.4) is 0 Å². The Morgan fingerprint density at radius 3 is 2.04 bits per heavy atom. The van der Waals surface area contributed by atoms with Gasteiger partial charge in [-0.05, 0) is 34.2 Å². The minimum atomic E-state index is -2.57. The molecule has 1 heterocycles. The molecule has 25 heavy (non-hydrogen) atoms. The summed E-state index contributed by atoms with van der Waals surface area (Å²) in [6, 6.07) is 0.747. The molecule has 0 spiro atoms. The summed E-state index contributed by atoms with van der Waals surface area (Å²) in [5.74, 6) is 0. The molecule has 0 aromatic heterocycles. The zero-order chi connectivity index (χ0) is 18.5. The van der Waals surface area contributed by atoms with E-state index in [1.54, 1.807) is 0 Å². The first-order valence-electron chi connectivity index (χ1n) is 9.63. The maximum atomic E-state index is 10.1. The second kappa shape index (κ2) is 13.2. The number of rotatable bonds is 14. The summed E-state index contributed by atoms with van der Waals surface area (Å²) in [4.78, 5) is 4.61. The van der Waals surface area contributed by atoms with Crippen LogP contribution in [0.25, 0.3) is 0 Å². The van der Waals surface area contributed by atoms with Crippen LogP contribution >= 0.6 is 0 Å². The summed E-state index contributed by atoms with van der Waals surface area (Å²) in [7, 11) is -0.438. The quantitative estimate of drug-likeness (QED) is 0.358. The van der Waals surface area contributed by atoms with Gasteiger partial charge in [0.05, 0.1) is 12.7 Å². The van der Waals surface area contributed by atoms with Crippen LogP contribution in [0.5, 0.6) is 0 Å². The predicted molar refractivity (Wildman–Crippen MR) is 101 cm³/mol. The first kappa shape index (κ1) is 23.0. The van der Waals surface area contributed by atoms with Crippen molar-refractivity contribution >= 4 is 8.80 Å². The van der Waals surface area contributed by atoms with E-state index in [-0.39, 0.29) is 0 Å². The first-order valence-corrected chi connectivity index (χ1v) is 11.6. The smallest absolute Gasteiger partial charge is 0.389 e. The molecule has 0 bridgehead atoms. The van der Waals surface area contributed by atoms with Crippen LogP contribution in [0.1, 0.15) is 27.2 Å². The molecule has 1 aliphatic rings. The lowest BCUT2D eigenvalue weighted by Gasteiger charge is -2.33. The van der Waals surface area contributed by atoms with Crippen molar-refractivity contribution in [2.75, 3.05) is 72.8 Å². The minimum absolute atomic E-state index is 0.374. The number of piperazine rings is 1. The third kappa shape index (κ3) is 9.44. The van der Waals surface area contributed by atoms with Crippen molar-refractivity contribution < 1.29 is 23.1 Å². The van der Waals surface area contributed by atoms with E-state index in [4.69, 9.17) is 18.0 Å². The van der Waals surface area contributed by atoms with E-state index in [0.29, 0.717) is 39.6 Å². The Bertz CT molecular complexity index is 313. The maximum absolute atomic E-state index is 10.1. The maximum Gasteiger partial charge on any atom is 0.501 e. The Labute approximate surface area is 154 Å². The standard InChI is InChI=1S/C17H38N2O5Si/c1-5-22-25(23-6-2,24-7-3)14-8-13-21-16-17(20)15-19-11-9-18(4)10-12-19/h17,20H,5-16H2,1-4H3. The zero-order valence-electron chi connectivity index (χ0n) is 16.5. The summed E-state index contributed by atoms with van der Waals surface area (Å²) in [6.07, 6.45) is 0.379. The highest BCUT2D eigenvalue weighted by Crippen LogP contribution is 2.18. The molecule has 1 saturated heterocycles. The Morgan fingerprint density at radius 1 is 0.960 bits per heavy atom. The average molecular weight is 379 g/mol. The van der Waals surface area contributed by atoms with Crippen molar-refractivity contribution in [3.63, 3.8) is 0 Å². The molecule has 150 valence electrons. The number of β-amino-alcohol motifs (C(OH)–C–C–N with tert-alkyl or cyclic N) is 1. The third-order valence-electron chi connectivity index (χ3n) is 4.24. The van der Waals surface area contributed by atoms with Gasteiger partial charge in [0, 0.05) is 65.2 Å². The average Bonchev–Trinajstić information content (AvgIpc) is 2.57. The first-order chi connectivity index (χ1) is 12.0. The number of nitrogens with zero attached hydrogens (tertiary/aromatic N) is 2. The summed E-state index contributed by atoms with van der Waals surface area (Å²) in [6.45, 7) is 13.5. The Morgan fingerprint density at radius 2 is 1.52 bits per heavy atom. The Balaban J connectivity index is 2.19. The molecule has 1 fully saturated rings. The Hall–Kier alpha value is -0.0631. The van der Waals surface area contributed by atoms with Crippen LogP contribution in [0.15, 0.2) is 0 Å². The number of hydrogen-bond donors (Lipinski definition) is 1. The van der Waals surface area contributed by atoms with Gasteiger partial charge >= 0.3 is 8.80 Å². The van der Waals surface area contributed by atoms with Gasteiger partial charge < -0.3 is 28.0 Å². The van der Waals surface area contributed by atoms with E-state index in [1.165, 1.54) is 0 Å². The third-order valence-corrected chi connectivity index (χ3v) is 7.39. The number of ether oxygens (including phenoxy) is 1. The van der Waals surface area contributed by atoms with Crippen molar-refractivity contribution in [3.8, 4) is 0 Å². The van der Waals surface area contributed by atoms with Crippen LogP contribution in [0.2, 0.25) is 6.04 Å². The van der Waals surface area contributed by atoms with Crippen molar-refractivity contribution in [1.82, 2.24) is 9.80 Å². The van der Waals surface area contributed by atoms with Crippen LogP contribution in [-0.2, 0) is 18.0 Å². The van der Waals surface area contributed by atoms with Crippen molar-refractivity contribution in [2.24, 2.45) is 0 Å². The van der Waals surface area contributed by atoms with Gasteiger partial charge in [-0.25, -0.2) is 0 Å². The number of aliphatic hydroxyl groups excluding tert-OH is 1. The Kier molecular flexibility index (Phi) is 12.1. The van der Waals surface area contributed by atoms with Gasteiger partial charge in [-0.3, -0.25) is 4.90 Å². The van der Waals surface area contributed by atoms with Crippen LogP contribution in [0, 0.1) is 0 Å². The van der Waals surface area contributed by atoms with Crippen LogP contribution in [0.4, 0.5) is 0 Å². The molecular weight excluding hydrogens is 340 g/mol. The lowest BCUT2D eigenvalue weighted by atomic mass is 10.3. The lowest BCUT2D eigenvalue weighted by Crippen LogP contribution is -2.47. The molecule has 0 aromatic carbocycles. The van der Waals surface area contributed by atoms with E-state index < -0.39 is 14.9 Å². The molecule has 1 aliphatic heterocycles. The molecule has 8 heteroatoms. The molecule has 1 atom stereocenters. The highest BCUT2D eigenvalue weighted by atomic mass is 28.4. The van der Waals surface area contributed by atoms with Gasteiger partial charge in [-0.1, -0.05) is 0 Å². The predicted octanol–water partition coefficient (Wildman–Crippen LogP) is 1.05. The topological polar surface area (TPSA) is 63.6 Å². The van der Waals surface area contributed by atoms with Crippen molar-refractivity contribution in [2.45, 2.75) is 39.3 Å². The summed E-state index contributed by atoms with van der Waals surface area (Å²) in [5, 5.41) is 10.1.